The Balaban J connectivity index is 2.28. The molecule has 0 radical (unpaired) electrons. The number of hydrogen-bond acceptors (Lipinski definition) is 7. The van der Waals surface area contributed by atoms with E-state index in [1.54, 1.807) is 11.3 Å². The van der Waals surface area contributed by atoms with Gasteiger partial charge in [0, 0.05) is 11.4 Å². The first kappa shape index (κ1) is 14.0. The number of nitrogens with two attached hydrogens (primary N) is 2. The highest BCUT2D eigenvalue weighted by molar-refractivity contribution is 7.89. The second-order valence-electron chi connectivity index (χ2n) is 4.01. The number of nitrogen functional groups attached to an aromatic ring is 1. The maximum atomic E-state index is 10.9. The lowest BCUT2D eigenvalue weighted by molar-refractivity contribution is 0.598. The molecular weight excluding hydrogens is 286 g/mol. The number of aromatic nitrogens is 2. The number of hydrogen-bond donors (Lipinski definition) is 3. The summed E-state index contributed by atoms with van der Waals surface area (Å²) in [6.07, 6.45) is 0.900. The van der Waals surface area contributed by atoms with Crippen LogP contribution in [0.25, 0.3) is 10.2 Å². The molecule has 0 aromatic carbocycles. The van der Waals surface area contributed by atoms with Crippen molar-refractivity contribution in [2.45, 2.75) is 13.3 Å². The van der Waals surface area contributed by atoms with Gasteiger partial charge in [0.2, 0.25) is 16.0 Å². The molecule has 0 unspecified atom stereocenters. The first-order valence-corrected chi connectivity index (χ1v) is 8.22. The highest BCUT2D eigenvalue weighted by Crippen LogP contribution is 2.29. The van der Waals surface area contributed by atoms with Gasteiger partial charge in [0.1, 0.15) is 10.6 Å². The number of primary sulfonamides is 1. The van der Waals surface area contributed by atoms with Gasteiger partial charge in [0.05, 0.1) is 11.1 Å². The van der Waals surface area contributed by atoms with Crippen molar-refractivity contribution in [3.63, 3.8) is 0 Å². The molecular formula is C10H15N5O2S2. The summed E-state index contributed by atoms with van der Waals surface area (Å²) in [5.74, 6) is 0.542. The second kappa shape index (κ2) is 5.27. The van der Waals surface area contributed by atoms with E-state index in [9.17, 15) is 8.42 Å². The van der Waals surface area contributed by atoms with E-state index in [0.717, 1.165) is 16.6 Å². The van der Waals surface area contributed by atoms with Crippen LogP contribution in [0.3, 0.4) is 0 Å². The van der Waals surface area contributed by atoms with Crippen molar-refractivity contribution in [1.29, 1.82) is 0 Å². The number of rotatable bonds is 5. The Bertz CT molecular complexity index is 695. The van der Waals surface area contributed by atoms with Gasteiger partial charge in [-0.2, -0.15) is 4.98 Å². The van der Waals surface area contributed by atoms with E-state index in [4.69, 9.17) is 10.9 Å². The van der Waals surface area contributed by atoms with Crippen molar-refractivity contribution >= 4 is 43.3 Å². The first-order chi connectivity index (χ1) is 8.89. The van der Waals surface area contributed by atoms with E-state index >= 15 is 0 Å². The Labute approximate surface area is 115 Å². The molecule has 5 N–H and O–H groups in total. The molecule has 19 heavy (non-hydrogen) atoms. The lowest BCUT2D eigenvalue weighted by Crippen LogP contribution is -2.22. The van der Waals surface area contributed by atoms with Crippen LogP contribution in [-0.2, 0) is 16.4 Å². The Kier molecular flexibility index (Phi) is 3.88. The van der Waals surface area contributed by atoms with Gasteiger partial charge in [-0.25, -0.2) is 18.5 Å². The summed E-state index contributed by atoms with van der Waals surface area (Å²) in [7, 11) is -3.49. The van der Waals surface area contributed by atoms with Gasteiger partial charge >= 0.3 is 0 Å². The van der Waals surface area contributed by atoms with Gasteiger partial charge in [0.25, 0.3) is 0 Å². The summed E-state index contributed by atoms with van der Waals surface area (Å²) < 4.78 is 21.8. The monoisotopic (exact) mass is 301 g/mol. The number of sulfonamides is 1. The minimum absolute atomic E-state index is 0.162. The summed E-state index contributed by atoms with van der Waals surface area (Å²) in [4.78, 5) is 10.2. The van der Waals surface area contributed by atoms with Gasteiger partial charge in [0.15, 0.2) is 0 Å². The number of nitrogens with zero attached hydrogens (tertiary/aromatic N) is 2. The molecule has 2 heterocycles. The molecule has 0 bridgehead atoms. The minimum Gasteiger partial charge on any atom is -0.368 e. The van der Waals surface area contributed by atoms with Crippen LogP contribution in [0.2, 0.25) is 0 Å². The summed E-state index contributed by atoms with van der Waals surface area (Å²) in [5.41, 5.74) is 5.63. The molecule has 0 aliphatic rings. The van der Waals surface area contributed by atoms with Crippen LogP contribution in [0.15, 0.2) is 6.07 Å². The zero-order valence-corrected chi connectivity index (χ0v) is 12.0. The van der Waals surface area contributed by atoms with Crippen LogP contribution in [0.5, 0.6) is 0 Å². The van der Waals surface area contributed by atoms with E-state index < -0.39 is 10.0 Å². The van der Waals surface area contributed by atoms with Crippen molar-refractivity contribution < 1.29 is 8.42 Å². The normalized spacial score (nSPS) is 11.9. The van der Waals surface area contributed by atoms with Crippen LogP contribution in [0.4, 0.5) is 11.8 Å². The predicted molar refractivity (Wildman–Crippen MR) is 77.7 cm³/mol. The van der Waals surface area contributed by atoms with Gasteiger partial charge in [-0.3, -0.25) is 0 Å². The van der Waals surface area contributed by atoms with E-state index in [1.165, 1.54) is 4.88 Å². The summed E-state index contributed by atoms with van der Waals surface area (Å²) in [6.45, 7) is 2.23. The molecule has 2 aromatic rings. The zero-order chi connectivity index (χ0) is 14.0. The third-order valence-corrected chi connectivity index (χ3v) is 4.43. The number of thiophene rings is 1. The predicted octanol–water partition coefficient (Wildman–Crippen LogP) is 0.536. The molecule has 0 aliphatic carbocycles. The fourth-order valence-electron chi connectivity index (χ4n) is 1.61. The Morgan fingerprint density at radius 3 is 2.79 bits per heavy atom. The van der Waals surface area contributed by atoms with Crippen LogP contribution < -0.4 is 16.2 Å². The number of nitrogens with one attached hydrogen (secondary N) is 1. The lowest BCUT2D eigenvalue weighted by atomic mass is 10.3. The van der Waals surface area contributed by atoms with Crippen LogP contribution >= 0.6 is 11.3 Å². The molecule has 0 saturated carbocycles. The number of aryl methyl sites for hydroxylation is 1. The van der Waals surface area contributed by atoms with E-state index in [-0.39, 0.29) is 18.2 Å². The maximum Gasteiger partial charge on any atom is 0.223 e. The summed E-state index contributed by atoms with van der Waals surface area (Å²) in [5, 5.41) is 8.74. The van der Waals surface area contributed by atoms with Gasteiger partial charge in [-0.15, -0.1) is 11.3 Å². The SMILES string of the molecule is CCc1cc2c(NCCS(N)(=O)=O)nc(N)nc2s1. The molecule has 7 nitrogen and oxygen atoms in total. The Morgan fingerprint density at radius 2 is 2.16 bits per heavy atom. The largest absolute Gasteiger partial charge is 0.368 e. The van der Waals surface area contributed by atoms with Crippen molar-refractivity contribution in [2.75, 3.05) is 23.3 Å². The molecule has 2 aromatic heterocycles. The van der Waals surface area contributed by atoms with E-state index in [2.05, 4.69) is 22.2 Å². The Hall–Kier alpha value is -1.45. The van der Waals surface area contributed by atoms with Crippen molar-refractivity contribution in [3.05, 3.63) is 10.9 Å². The lowest BCUT2D eigenvalue weighted by Gasteiger charge is -2.06. The average molecular weight is 301 g/mol. The van der Waals surface area contributed by atoms with Gasteiger partial charge in [-0.1, -0.05) is 6.92 Å². The molecule has 9 heteroatoms. The fourth-order valence-corrected chi connectivity index (χ4v) is 2.97. The molecule has 0 saturated heterocycles. The van der Waals surface area contributed by atoms with Crippen molar-refractivity contribution in [1.82, 2.24) is 9.97 Å². The molecule has 0 spiro atoms. The minimum atomic E-state index is -3.49. The standard InChI is InChI=1S/C10H15N5O2S2/c1-2-6-5-7-8(13-3-4-19(12,16)17)14-10(11)15-9(7)18-6/h5H,2-4H2,1H3,(H2,12,16,17)(H3,11,13,14,15). The quantitative estimate of drug-likeness (QED) is 0.740. The smallest absolute Gasteiger partial charge is 0.223 e. The van der Waals surface area contributed by atoms with E-state index in [1.807, 2.05) is 6.07 Å². The van der Waals surface area contributed by atoms with Crippen LogP contribution in [0.1, 0.15) is 11.8 Å². The summed E-state index contributed by atoms with van der Waals surface area (Å²) >= 11 is 1.55. The number of anilines is 2. The molecule has 0 atom stereocenters. The van der Waals surface area contributed by atoms with Crippen molar-refractivity contribution in [2.24, 2.45) is 5.14 Å². The van der Waals surface area contributed by atoms with Crippen LogP contribution in [-0.4, -0.2) is 30.7 Å². The Morgan fingerprint density at radius 1 is 1.42 bits per heavy atom. The molecule has 0 aliphatic heterocycles. The number of fused-ring (bicyclic) bond motifs is 1. The highest BCUT2D eigenvalue weighted by Gasteiger charge is 2.10. The molecule has 0 fully saturated rings. The fraction of sp³-hybridized carbons (Fsp3) is 0.400. The molecule has 2 rings (SSSR count). The van der Waals surface area contributed by atoms with E-state index in [0.29, 0.717) is 5.82 Å². The maximum absolute atomic E-state index is 10.9. The van der Waals surface area contributed by atoms with Crippen LogP contribution in [0, 0.1) is 0 Å². The summed E-state index contributed by atoms with van der Waals surface area (Å²) in [6, 6.07) is 1.98. The topological polar surface area (TPSA) is 124 Å². The van der Waals surface area contributed by atoms with Gasteiger partial charge in [-0.05, 0) is 12.5 Å². The first-order valence-electron chi connectivity index (χ1n) is 5.69. The third kappa shape index (κ3) is 3.52. The molecule has 0 amide bonds. The highest BCUT2D eigenvalue weighted by atomic mass is 32.2. The second-order valence-corrected chi connectivity index (χ2v) is 6.86. The third-order valence-electron chi connectivity index (χ3n) is 2.49. The zero-order valence-electron chi connectivity index (χ0n) is 10.4. The molecule has 104 valence electrons. The van der Waals surface area contributed by atoms with Crippen molar-refractivity contribution in [3.8, 4) is 0 Å². The van der Waals surface area contributed by atoms with Gasteiger partial charge < -0.3 is 11.1 Å². The average Bonchev–Trinajstić information content (AvgIpc) is 2.70.